The summed E-state index contributed by atoms with van der Waals surface area (Å²) in [6.45, 7) is 2.88. The minimum absolute atomic E-state index is 0.526. The predicted octanol–water partition coefficient (Wildman–Crippen LogP) is 2.88. The van der Waals surface area contributed by atoms with Gasteiger partial charge in [-0.1, -0.05) is 29.8 Å². The summed E-state index contributed by atoms with van der Waals surface area (Å²) in [6, 6.07) is 12.3. The average molecular weight is 264 g/mol. The monoisotopic (exact) mass is 264 g/mol. The molecule has 2 aromatic heterocycles. The zero-order valence-corrected chi connectivity index (χ0v) is 11.3. The maximum atomic E-state index is 5.62. The van der Waals surface area contributed by atoms with Gasteiger partial charge in [0.05, 0.1) is 18.2 Å². The van der Waals surface area contributed by atoms with Crippen molar-refractivity contribution in [3.05, 3.63) is 66.2 Å². The number of pyridine rings is 1. The summed E-state index contributed by atoms with van der Waals surface area (Å²) in [5.41, 5.74) is 10.2. The highest BCUT2D eigenvalue weighted by molar-refractivity contribution is 5.59. The van der Waals surface area contributed by atoms with Crippen LogP contribution in [0.3, 0.4) is 0 Å². The molecule has 20 heavy (non-hydrogen) atoms. The van der Waals surface area contributed by atoms with Gasteiger partial charge in [-0.15, -0.1) is 0 Å². The van der Waals surface area contributed by atoms with E-state index in [0.717, 1.165) is 17.8 Å². The molecule has 100 valence electrons. The molecule has 4 nitrogen and oxygen atoms in total. The van der Waals surface area contributed by atoms with Crippen molar-refractivity contribution in [1.29, 1.82) is 0 Å². The van der Waals surface area contributed by atoms with Crippen molar-refractivity contribution in [2.24, 2.45) is 0 Å². The number of anilines is 1. The van der Waals surface area contributed by atoms with Crippen molar-refractivity contribution in [1.82, 2.24) is 14.5 Å². The van der Waals surface area contributed by atoms with Crippen LogP contribution in [-0.2, 0) is 6.54 Å². The molecule has 3 aromatic rings. The maximum Gasteiger partial charge on any atom is 0.123 e. The van der Waals surface area contributed by atoms with E-state index < -0.39 is 0 Å². The van der Waals surface area contributed by atoms with E-state index in [4.69, 9.17) is 5.73 Å². The molecule has 0 amide bonds. The van der Waals surface area contributed by atoms with Crippen molar-refractivity contribution in [3.8, 4) is 11.3 Å². The Bertz CT molecular complexity index is 696. The van der Waals surface area contributed by atoms with Gasteiger partial charge in [0.15, 0.2) is 0 Å². The number of aryl methyl sites for hydroxylation is 1. The van der Waals surface area contributed by atoms with Crippen LogP contribution in [0, 0.1) is 6.92 Å². The number of hydrogen-bond acceptors (Lipinski definition) is 3. The van der Waals surface area contributed by atoms with Crippen LogP contribution in [0.15, 0.2) is 55.1 Å². The first-order valence-corrected chi connectivity index (χ1v) is 6.50. The molecule has 2 N–H and O–H groups in total. The highest BCUT2D eigenvalue weighted by atomic mass is 15.0. The second-order valence-electron chi connectivity index (χ2n) is 4.86. The van der Waals surface area contributed by atoms with Gasteiger partial charge in [0.2, 0.25) is 0 Å². The Labute approximate surface area is 117 Å². The Morgan fingerprint density at radius 3 is 2.55 bits per heavy atom. The van der Waals surface area contributed by atoms with Crippen molar-refractivity contribution in [2.45, 2.75) is 13.5 Å². The Morgan fingerprint density at radius 2 is 1.85 bits per heavy atom. The molecule has 0 aliphatic heterocycles. The van der Waals surface area contributed by atoms with E-state index >= 15 is 0 Å². The van der Waals surface area contributed by atoms with E-state index in [9.17, 15) is 0 Å². The molecule has 0 unspecified atom stereocenters. The summed E-state index contributed by atoms with van der Waals surface area (Å²) in [5, 5.41) is 0. The molecule has 0 radical (unpaired) electrons. The van der Waals surface area contributed by atoms with E-state index in [1.165, 1.54) is 11.1 Å². The summed E-state index contributed by atoms with van der Waals surface area (Å²) in [5.74, 6) is 0.526. The smallest absolute Gasteiger partial charge is 0.123 e. The number of benzene rings is 1. The number of aromatic nitrogens is 3. The van der Waals surface area contributed by atoms with Crippen LogP contribution in [0.5, 0.6) is 0 Å². The van der Waals surface area contributed by atoms with Gasteiger partial charge in [-0.2, -0.15) is 0 Å². The number of nitrogens with zero attached hydrogens (tertiary/aromatic N) is 3. The third-order valence-electron chi connectivity index (χ3n) is 3.27. The Balaban J connectivity index is 1.90. The van der Waals surface area contributed by atoms with E-state index in [-0.39, 0.29) is 0 Å². The summed E-state index contributed by atoms with van der Waals surface area (Å²) >= 11 is 0. The lowest BCUT2D eigenvalue weighted by Gasteiger charge is -2.08. The lowest BCUT2D eigenvalue weighted by Crippen LogP contribution is -2.00. The lowest BCUT2D eigenvalue weighted by atomic mass is 10.1. The summed E-state index contributed by atoms with van der Waals surface area (Å²) in [4.78, 5) is 8.37. The lowest BCUT2D eigenvalue weighted by molar-refractivity contribution is 0.804. The van der Waals surface area contributed by atoms with Crippen LogP contribution in [0.25, 0.3) is 11.3 Å². The van der Waals surface area contributed by atoms with Gasteiger partial charge in [-0.05, 0) is 24.6 Å². The van der Waals surface area contributed by atoms with Crippen LogP contribution < -0.4 is 5.73 Å². The number of imidazole rings is 1. The molecule has 0 aliphatic carbocycles. The highest BCUT2D eigenvalue weighted by Crippen LogP contribution is 2.20. The fourth-order valence-electron chi connectivity index (χ4n) is 2.13. The topological polar surface area (TPSA) is 56.7 Å². The fourth-order valence-corrected chi connectivity index (χ4v) is 2.13. The first kappa shape index (κ1) is 12.4. The normalized spacial score (nSPS) is 10.7. The summed E-state index contributed by atoms with van der Waals surface area (Å²) < 4.78 is 2.11. The quantitative estimate of drug-likeness (QED) is 0.791. The van der Waals surface area contributed by atoms with Gasteiger partial charge >= 0.3 is 0 Å². The zero-order valence-electron chi connectivity index (χ0n) is 11.3. The summed E-state index contributed by atoms with van der Waals surface area (Å²) in [6.07, 6.45) is 5.46. The molecule has 0 spiro atoms. The first-order chi connectivity index (χ1) is 9.72. The van der Waals surface area contributed by atoms with Gasteiger partial charge in [-0.25, -0.2) is 9.97 Å². The molecule has 0 fully saturated rings. The van der Waals surface area contributed by atoms with E-state index in [1.54, 1.807) is 12.3 Å². The third kappa shape index (κ3) is 2.54. The molecular formula is C16H16N4. The van der Waals surface area contributed by atoms with Gasteiger partial charge in [0, 0.05) is 18.3 Å². The van der Waals surface area contributed by atoms with Gasteiger partial charge in [0.25, 0.3) is 0 Å². The molecular weight excluding hydrogens is 248 g/mol. The van der Waals surface area contributed by atoms with Crippen molar-refractivity contribution in [2.75, 3.05) is 5.73 Å². The van der Waals surface area contributed by atoms with E-state index in [1.807, 2.05) is 18.6 Å². The Hall–Kier alpha value is -2.62. The van der Waals surface area contributed by atoms with Gasteiger partial charge in [-0.3, -0.25) is 0 Å². The van der Waals surface area contributed by atoms with Crippen molar-refractivity contribution < 1.29 is 0 Å². The van der Waals surface area contributed by atoms with Gasteiger partial charge < -0.3 is 10.3 Å². The van der Waals surface area contributed by atoms with E-state index in [0.29, 0.717) is 5.82 Å². The Kier molecular flexibility index (Phi) is 3.21. The number of nitrogens with two attached hydrogens (primary N) is 1. The fraction of sp³-hybridized carbons (Fsp3) is 0.125. The minimum Gasteiger partial charge on any atom is -0.384 e. The molecule has 0 saturated heterocycles. The second kappa shape index (κ2) is 5.17. The average Bonchev–Trinajstić information content (AvgIpc) is 2.90. The molecule has 0 bridgehead atoms. The van der Waals surface area contributed by atoms with Crippen molar-refractivity contribution in [3.63, 3.8) is 0 Å². The largest absolute Gasteiger partial charge is 0.384 e. The number of rotatable bonds is 3. The molecule has 3 rings (SSSR count). The first-order valence-electron chi connectivity index (χ1n) is 6.50. The SMILES string of the molecule is Cc1ccc(Cn2cncc2-c2ccc(N)nc2)cc1. The minimum atomic E-state index is 0.526. The van der Waals surface area contributed by atoms with Crippen LogP contribution in [0.4, 0.5) is 5.82 Å². The van der Waals surface area contributed by atoms with Gasteiger partial charge in [0.1, 0.15) is 5.82 Å². The van der Waals surface area contributed by atoms with Crippen LogP contribution >= 0.6 is 0 Å². The van der Waals surface area contributed by atoms with E-state index in [2.05, 4.69) is 45.7 Å². The standard InChI is InChI=1S/C16H16N4/c1-12-2-4-13(5-3-12)10-20-11-18-9-15(20)14-6-7-16(17)19-8-14/h2-9,11H,10H2,1H3,(H2,17,19). The third-order valence-corrected chi connectivity index (χ3v) is 3.27. The van der Waals surface area contributed by atoms with Crippen LogP contribution in [-0.4, -0.2) is 14.5 Å². The number of hydrogen-bond donors (Lipinski definition) is 1. The Morgan fingerprint density at radius 1 is 1.05 bits per heavy atom. The highest BCUT2D eigenvalue weighted by Gasteiger charge is 2.06. The van der Waals surface area contributed by atoms with Crippen LogP contribution in [0.1, 0.15) is 11.1 Å². The molecule has 0 saturated carbocycles. The molecule has 4 heteroatoms. The zero-order chi connectivity index (χ0) is 13.9. The van der Waals surface area contributed by atoms with Crippen molar-refractivity contribution >= 4 is 5.82 Å². The molecule has 0 aliphatic rings. The van der Waals surface area contributed by atoms with Crippen LogP contribution in [0.2, 0.25) is 0 Å². The number of nitrogen functional groups attached to an aromatic ring is 1. The molecule has 0 atom stereocenters. The molecule has 1 aromatic carbocycles. The molecule has 2 heterocycles. The second-order valence-corrected chi connectivity index (χ2v) is 4.86. The maximum absolute atomic E-state index is 5.62. The predicted molar refractivity (Wildman–Crippen MR) is 80.2 cm³/mol. The summed E-state index contributed by atoms with van der Waals surface area (Å²) in [7, 11) is 0.